The molecule has 0 bridgehead atoms. The summed E-state index contributed by atoms with van der Waals surface area (Å²) in [6, 6.07) is 8.76. The largest absolute Gasteiger partial charge is 0.492 e. The quantitative estimate of drug-likeness (QED) is 0.636. The smallest absolute Gasteiger partial charge is 0.231 e. The minimum absolute atomic E-state index is 0.107. The molecule has 0 fully saturated rings. The van der Waals surface area contributed by atoms with Crippen molar-refractivity contribution in [1.82, 2.24) is 0 Å². The monoisotopic (exact) mass is 270 g/mol. The number of rotatable bonds is 1. The third-order valence-electron chi connectivity index (χ3n) is 3.37. The zero-order valence-corrected chi connectivity index (χ0v) is 10.6. The Labute approximate surface area is 113 Å². The predicted molar refractivity (Wildman–Crippen MR) is 72.7 cm³/mol. The third kappa shape index (κ3) is 1.34. The van der Waals surface area contributed by atoms with E-state index in [0.717, 1.165) is 0 Å². The van der Waals surface area contributed by atoms with Crippen LogP contribution in [0.4, 0.5) is 0 Å². The zero-order valence-electron chi connectivity index (χ0n) is 10.6. The van der Waals surface area contributed by atoms with Crippen molar-refractivity contribution in [3.8, 4) is 17.2 Å². The molecule has 0 aliphatic carbocycles. The molecule has 1 aromatic heterocycles. The molecule has 3 aromatic rings. The summed E-state index contributed by atoms with van der Waals surface area (Å²) in [4.78, 5) is 12.6. The fourth-order valence-electron chi connectivity index (χ4n) is 2.48. The highest BCUT2D eigenvalue weighted by Gasteiger charge is 2.25. The first kappa shape index (κ1) is 11.2. The van der Waals surface area contributed by atoms with Crippen LogP contribution < -0.4 is 19.6 Å². The molecule has 2 aromatic carbocycles. The normalized spacial score (nSPS) is 13.1. The van der Waals surface area contributed by atoms with Gasteiger partial charge in [0.15, 0.2) is 11.5 Å². The van der Waals surface area contributed by atoms with Crippen molar-refractivity contribution in [2.24, 2.45) is 0 Å². The lowest BCUT2D eigenvalue weighted by Crippen LogP contribution is -2.04. The van der Waals surface area contributed by atoms with Crippen molar-refractivity contribution in [1.29, 1.82) is 0 Å². The van der Waals surface area contributed by atoms with E-state index in [1.54, 1.807) is 24.3 Å². The Kier molecular flexibility index (Phi) is 2.18. The number of hydrogen-bond donors (Lipinski definition) is 0. The van der Waals surface area contributed by atoms with Crippen LogP contribution in [0.5, 0.6) is 17.2 Å². The molecule has 0 unspecified atom stereocenters. The van der Waals surface area contributed by atoms with E-state index in [1.807, 2.05) is 6.07 Å². The van der Waals surface area contributed by atoms with E-state index in [9.17, 15) is 4.79 Å². The molecule has 2 heterocycles. The Morgan fingerprint density at radius 1 is 1.15 bits per heavy atom. The molecular weight excluding hydrogens is 260 g/mol. The summed E-state index contributed by atoms with van der Waals surface area (Å²) >= 11 is 0. The van der Waals surface area contributed by atoms with Gasteiger partial charge in [0.1, 0.15) is 16.6 Å². The molecule has 0 atom stereocenters. The van der Waals surface area contributed by atoms with Gasteiger partial charge in [0.25, 0.3) is 0 Å². The number of methoxy groups -OCH3 is 1. The van der Waals surface area contributed by atoms with Gasteiger partial charge in [0.2, 0.25) is 18.0 Å². The molecule has 0 saturated carbocycles. The second-order valence-corrected chi connectivity index (χ2v) is 4.44. The average Bonchev–Trinajstić information content (AvgIpc) is 2.93. The van der Waals surface area contributed by atoms with Crippen LogP contribution >= 0.6 is 0 Å². The topological polar surface area (TPSA) is 57.9 Å². The highest BCUT2D eigenvalue weighted by Crippen LogP contribution is 2.45. The lowest BCUT2D eigenvalue weighted by atomic mass is 10.1. The maximum Gasteiger partial charge on any atom is 0.231 e. The van der Waals surface area contributed by atoms with Crippen LogP contribution in [0.15, 0.2) is 39.5 Å². The maximum absolute atomic E-state index is 12.6. The van der Waals surface area contributed by atoms with Crippen LogP contribution in [0.1, 0.15) is 0 Å². The Balaban J connectivity index is 2.26. The molecule has 0 spiro atoms. The molecule has 5 heteroatoms. The van der Waals surface area contributed by atoms with Gasteiger partial charge in [-0.3, -0.25) is 4.79 Å². The number of fused-ring (bicyclic) bond motifs is 3. The van der Waals surface area contributed by atoms with Gasteiger partial charge in [-0.15, -0.1) is 0 Å². The second kappa shape index (κ2) is 3.90. The Morgan fingerprint density at radius 3 is 2.85 bits per heavy atom. The molecule has 0 radical (unpaired) electrons. The van der Waals surface area contributed by atoms with Gasteiger partial charge in [-0.25, -0.2) is 0 Å². The van der Waals surface area contributed by atoms with Crippen molar-refractivity contribution in [2.75, 3.05) is 13.9 Å². The number of ether oxygens (including phenoxy) is 3. The minimum Gasteiger partial charge on any atom is -0.492 e. The highest BCUT2D eigenvalue weighted by atomic mass is 16.7. The lowest BCUT2D eigenvalue weighted by molar-refractivity contribution is 0.171. The Hall–Kier alpha value is -2.69. The summed E-state index contributed by atoms with van der Waals surface area (Å²) < 4.78 is 21.8. The van der Waals surface area contributed by atoms with Crippen LogP contribution in [0.25, 0.3) is 21.9 Å². The first-order chi connectivity index (χ1) is 9.79. The zero-order chi connectivity index (χ0) is 13.7. The van der Waals surface area contributed by atoms with E-state index in [0.29, 0.717) is 39.2 Å². The number of hydrogen-bond acceptors (Lipinski definition) is 5. The molecular formula is C15H10O5. The standard InChI is InChI=1S/C15H10O5/c1-17-15-12-10(6-11-14(15)19-7-18-11)20-9-5-3-2-4-8(9)13(12)16/h2-6H,7H2,1H3. The lowest BCUT2D eigenvalue weighted by Gasteiger charge is -2.08. The molecule has 5 nitrogen and oxygen atoms in total. The fraction of sp³-hybridized carbons (Fsp3) is 0.133. The van der Waals surface area contributed by atoms with Gasteiger partial charge in [-0.1, -0.05) is 12.1 Å². The molecule has 0 N–H and O–H groups in total. The number of para-hydroxylation sites is 1. The summed E-state index contributed by atoms with van der Waals surface area (Å²) in [6.45, 7) is 0.107. The van der Waals surface area contributed by atoms with Gasteiger partial charge < -0.3 is 18.6 Å². The summed E-state index contributed by atoms with van der Waals surface area (Å²) in [5, 5.41) is 0.882. The molecule has 0 saturated heterocycles. The molecule has 4 rings (SSSR count). The first-order valence-electron chi connectivity index (χ1n) is 6.12. The van der Waals surface area contributed by atoms with Gasteiger partial charge in [0, 0.05) is 6.07 Å². The predicted octanol–water partition coefficient (Wildman–Crippen LogP) is 2.68. The van der Waals surface area contributed by atoms with Crippen molar-refractivity contribution in [3.05, 3.63) is 40.6 Å². The average molecular weight is 270 g/mol. The van der Waals surface area contributed by atoms with Gasteiger partial charge in [-0.05, 0) is 12.1 Å². The summed E-state index contributed by atoms with van der Waals surface area (Å²) in [6.07, 6.45) is 0. The minimum atomic E-state index is -0.142. The van der Waals surface area contributed by atoms with Crippen LogP contribution in [-0.4, -0.2) is 13.9 Å². The van der Waals surface area contributed by atoms with Crippen molar-refractivity contribution in [2.45, 2.75) is 0 Å². The van der Waals surface area contributed by atoms with Crippen LogP contribution in [-0.2, 0) is 0 Å². The van der Waals surface area contributed by atoms with Crippen LogP contribution in [0.3, 0.4) is 0 Å². The fourth-order valence-corrected chi connectivity index (χ4v) is 2.48. The SMILES string of the molecule is COc1c2c(cc3oc4ccccc4c(=O)c13)OCO2. The van der Waals surface area contributed by atoms with Crippen molar-refractivity contribution >= 4 is 21.9 Å². The molecule has 100 valence electrons. The van der Waals surface area contributed by atoms with E-state index >= 15 is 0 Å². The molecule has 1 aliphatic heterocycles. The Morgan fingerprint density at radius 2 is 2.00 bits per heavy atom. The van der Waals surface area contributed by atoms with E-state index in [2.05, 4.69) is 0 Å². The molecule has 0 amide bonds. The van der Waals surface area contributed by atoms with Crippen LogP contribution in [0, 0.1) is 0 Å². The van der Waals surface area contributed by atoms with Gasteiger partial charge in [-0.2, -0.15) is 0 Å². The van der Waals surface area contributed by atoms with Gasteiger partial charge in [0.05, 0.1) is 12.5 Å². The van der Waals surface area contributed by atoms with Crippen LogP contribution in [0.2, 0.25) is 0 Å². The summed E-state index contributed by atoms with van der Waals surface area (Å²) in [5.74, 6) is 1.32. The van der Waals surface area contributed by atoms with Crippen molar-refractivity contribution in [3.63, 3.8) is 0 Å². The van der Waals surface area contributed by atoms with E-state index in [1.165, 1.54) is 7.11 Å². The number of benzene rings is 2. The maximum atomic E-state index is 12.6. The molecule has 1 aliphatic rings. The highest BCUT2D eigenvalue weighted by molar-refractivity contribution is 5.96. The van der Waals surface area contributed by atoms with Crippen molar-refractivity contribution < 1.29 is 18.6 Å². The third-order valence-corrected chi connectivity index (χ3v) is 3.37. The van der Waals surface area contributed by atoms with E-state index in [4.69, 9.17) is 18.6 Å². The van der Waals surface area contributed by atoms with E-state index < -0.39 is 0 Å². The van der Waals surface area contributed by atoms with E-state index in [-0.39, 0.29) is 12.2 Å². The summed E-state index contributed by atoms with van der Waals surface area (Å²) in [5.41, 5.74) is 0.817. The molecule has 20 heavy (non-hydrogen) atoms. The summed E-state index contributed by atoms with van der Waals surface area (Å²) in [7, 11) is 1.49. The second-order valence-electron chi connectivity index (χ2n) is 4.44. The first-order valence-corrected chi connectivity index (χ1v) is 6.12. The van der Waals surface area contributed by atoms with Gasteiger partial charge >= 0.3 is 0 Å². The Bertz CT molecular complexity index is 894.